The molecule has 6 N–H and O–H groups in total. The van der Waals surface area contributed by atoms with Gasteiger partial charge in [-0.25, -0.2) is 9.59 Å². The number of carbonyl (C=O) groups excluding carboxylic acids is 2. The summed E-state index contributed by atoms with van der Waals surface area (Å²) in [6.07, 6.45) is 0. The van der Waals surface area contributed by atoms with Gasteiger partial charge in [-0.3, -0.25) is 0 Å². The number of esters is 2. The lowest BCUT2D eigenvalue weighted by Gasteiger charge is -2.14. The van der Waals surface area contributed by atoms with Crippen molar-refractivity contribution in [2.75, 3.05) is 0 Å². The summed E-state index contributed by atoms with van der Waals surface area (Å²) in [5, 5.41) is 58.6. The standard InChI is InChI=1S/C24H16O10/c25-15-7-12(8-16(26)20(15)29)23(31)33-19-6-5-11-3-1-2-4-14(11)22(19)34-24(32)13-9-17(27)21(30)18(28)10-13/h1-10,25-30H. The predicted molar refractivity (Wildman–Crippen MR) is 117 cm³/mol. The molecule has 0 bridgehead atoms. The van der Waals surface area contributed by atoms with Crippen LogP contribution in [0, 0.1) is 0 Å². The van der Waals surface area contributed by atoms with E-state index in [0.717, 1.165) is 24.3 Å². The van der Waals surface area contributed by atoms with Gasteiger partial charge in [-0.2, -0.15) is 0 Å². The van der Waals surface area contributed by atoms with E-state index in [1.807, 2.05) is 0 Å². The number of phenols is 6. The van der Waals surface area contributed by atoms with Gasteiger partial charge in [0, 0.05) is 5.39 Å². The molecule has 0 aliphatic rings. The molecule has 0 aliphatic heterocycles. The van der Waals surface area contributed by atoms with Gasteiger partial charge < -0.3 is 40.1 Å². The minimum atomic E-state index is -1.04. The normalized spacial score (nSPS) is 10.7. The fraction of sp³-hybridized carbons (Fsp3) is 0. The molecule has 0 saturated carbocycles. The van der Waals surface area contributed by atoms with Crippen LogP contribution in [0.25, 0.3) is 10.8 Å². The Bertz CT molecular complexity index is 1410. The molecule has 0 radical (unpaired) electrons. The van der Waals surface area contributed by atoms with Gasteiger partial charge in [-0.05, 0) is 35.7 Å². The molecular formula is C24H16O10. The maximum atomic E-state index is 12.7. The van der Waals surface area contributed by atoms with E-state index in [-0.39, 0.29) is 22.6 Å². The predicted octanol–water partition coefficient (Wildman–Crippen LogP) is 3.51. The average molecular weight is 464 g/mol. The van der Waals surface area contributed by atoms with Gasteiger partial charge in [-0.15, -0.1) is 0 Å². The average Bonchev–Trinajstić information content (AvgIpc) is 2.81. The van der Waals surface area contributed by atoms with Crippen molar-refractivity contribution in [1.82, 2.24) is 0 Å². The van der Waals surface area contributed by atoms with Crippen molar-refractivity contribution in [1.29, 1.82) is 0 Å². The van der Waals surface area contributed by atoms with Crippen LogP contribution in [-0.2, 0) is 0 Å². The van der Waals surface area contributed by atoms with Gasteiger partial charge in [0.2, 0.25) is 0 Å². The van der Waals surface area contributed by atoms with Gasteiger partial charge in [0.1, 0.15) is 0 Å². The maximum absolute atomic E-state index is 12.7. The van der Waals surface area contributed by atoms with E-state index in [1.54, 1.807) is 30.3 Å². The van der Waals surface area contributed by atoms with E-state index in [1.165, 1.54) is 6.07 Å². The topological polar surface area (TPSA) is 174 Å². The van der Waals surface area contributed by atoms with Crippen LogP contribution >= 0.6 is 0 Å². The van der Waals surface area contributed by atoms with Crippen LogP contribution < -0.4 is 9.47 Å². The van der Waals surface area contributed by atoms with Crippen LogP contribution in [0.2, 0.25) is 0 Å². The first-order chi connectivity index (χ1) is 16.2. The third-order valence-corrected chi connectivity index (χ3v) is 4.85. The van der Waals surface area contributed by atoms with Crippen molar-refractivity contribution < 1.29 is 49.7 Å². The quantitative estimate of drug-likeness (QED) is 0.149. The summed E-state index contributed by atoms with van der Waals surface area (Å²) in [4.78, 5) is 25.4. The van der Waals surface area contributed by atoms with Crippen molar-refractivity contribution in [3.63, 3.8) is 0 Å². The number of rotatable bonds is 4. The highest BCUT2D eigenvalue weighted by molar-refractivity contribution is 5.99. The zero-order chi connectivity index (χ0) is 24.6. The van der Waals surface area contributed by atoms with Crippen LogP contribution in [0.4, 0.5) is 0 Å². The molecule has 0 aromatic heterocycles. The fourth-order valence-electron chi connectivity index (χ4n) is 3.16. The minimum absolute atomic E-state index is 0.171. The zero-order valence-corrected chi connectivity index (χ0v) is 17.1. The molecular weight excluding hydrogens is 448 g/mol. The number of carbonyl (C=O) groups is 2. The van der Waals surface area contributed by atoms with E-state index in [4.69, 9.17) is 9.47 Å². The molecule has 172 valence electrons. The van der Waals surface area contributed by atoms with E-state index in [2.05, 4.69) is 0 Å². The molecule has 0 spiro atoms. The SMILES string of the molecule is O=C(Oc1ccc2ccccc2c1OC(=O)c1cc(O)c(O)c(O)c1)c1cc(O)c(O)c(O)c1. The molecule has 4 rings (SSSR count). The second-order valence-corrected chi connectivity index (χ2v) is 7.12. The third kappa shape index (κ3) is 4.02. The van der Waals surface area contributed by atoms with Crippen LogP contribution in [0.5, 0.6) is 46.0 Å². The summed E-state index contributed by atoms with van der Waals surface area (Å²) in [6.45, 7) is 0. The van der Waals surface area contributed by atoms with Gasteiger partial charge in [0.25, 0.3) is 0 Å². The lowest BCUT2D eigenvalue weighted by molar-refractivity contribution is 0.0684. The molecule has 34 heavy (non-hydrogen) atoms. The van der Waals surface area contributed by atoms with Crippen LogP contribution in [-0.4, -0.2) is 42.6 Å². The number of benzene rings is 4. The number of aromatic hydroxyl groups is 6. The fourth-order valence-corrected chi connectivity index (χ4v) is 3.16. The Balaban J connectivity index is 1.74. The van der Waals surface area contributed by atoms with Crippen molar-refractivity contribution in [2.45, 2.75) is 0 Å². The van der Waals surface area contributed by atoms with Crippen molar-refractivity contribution in [3.05, 3.63) is 71.8 Å². The number of phenolic OH excluding ortho intramolecular Hbond substituents is 6. The monoisotopic (exact) mass is 464 g/mol. The Labute approximate surface area is 190 Å². The highest BCUT2D eigenvalue weighted by Crippen LogP contribution is 2.40. The highest BCUT2D eigenvalue weighted by atomic mass is 16.6. The Morgan fingerprint density at radius 1 is 0.588 bits per heavy atom. The first-order valence-corrected chi connectivity index (χ1v) is 9.61. The van der Waals surface area contributed by atoms with Crippen molar-refractivity contribution in [3.8, 4) is 46.0 Å². The molecule has 10 heteroatoms. The summed E-state index contributed by atoms with van der Waals surface area (Å²) >= 11 is 0. The summed E-state index contributed by atoms with van der Waals surface area (Å²) in [5.41, 5.74) is -0.599. The van der Waals surface area contributed by atoms with Gasteiger partial charge in [-0.1, -0.05) is 30.3 Å². The number of fused-ring (bicyclic) bond motifs is 1. The van der Waals surface area contributed by atoms with E-state index in [9.17, 15) is 40.2 Å². The van der Waals surface area contributed by atoms with Crippen LogP contribution in [0.15, 0.2) is 60.7 Å². The smallest absolute Gasteiger partial charge is 0.343 e. The molecule has 0 heterocycles. The first-order valence-electron chi connectivity index (χ1n) is 9.61. The van der Waals surface area contributed by atoms with Crippen LogP contribution in [0.1, 0.15) is 20.7 Å². The second-order valence-electron chi connectivity index (χ2n) is 7.12. The molecule has 0 aliphatic carbocycles. The maximum Gasteiger partial charge on any atom is 0.343 e. The summed E-state index contributed by atoms with van der Waals surface area (Å²) in [6, 6.07) is 13.2. The van der Waals surface area contributed by atoms with E-state index in [0.29, 0.717) is 10.8 Å². The number of ether oxygens (including phenoxy) is 2. The molecule has 0 atom stereocenters. The number of hydrogen-bond acceptors (Lipinski definition) is 10. The Morgan fingerprint density at radius 3 is 1.59 bits per heavy atom. The molecule has 0 saturated heterocycles. The Kier molecular flexibility index (Phi) is 5.48. The second kappa shape index (κ2) is 8.43. The van der Waals surface area contributed by atoms with Gasteiger partial charge >= 0.3 is 11.9 Å². The molecule has 10 nitrogen and oxygen atoms in total. The van der Waals surface area contributed by atoms with Crippen molar-refractivity contribution in [2.24, 2.45) is 0 Å². The Morgan fingerprint density at radius 2 is 1.06 bits per heavy atom. The molecule has 4 aromatic rings. The van der Waals surface area contributed by atoms with Gasteiger partial charge in [0.15, 0.2) is 46.0 Å². The number of hydrogen-bond donors (Lipinski definition) is 6. The van der Waals surface area contributed by atoms with Gasteiger partial charge in [0.05, 0.1) is 11.1 Å². The van der Waals surface area contributed by atoms with Crippen molar-refractivity contribution >= 4 is 22.7 Å². The van der Waals surface area contributed by atoms with E-state index >= 15 is 0 Å². The molecule has 0 amide bonds. The first kappa shape index (κ1) is 22.1. The highest BCUT2D eigenvalue weighted by Gasteiger charge is 2.22. The summed E-state index contributed by atoms with van der Waals surface area (Å²) in [5.74, 6) is -7.06. The minimum Gasteiger partial charge on any atom is -0.504 e. The zero-order valence-electron chi connectivity index (χ0n) is 17.1. The summed E-state index contributed by atoms with van der Waals surface area (Å²) < 4.78 is 10.8. The summed E-state index contributed by atoms with van der Waals surface area (Å²) in [7, 11) is 0. The molecule has 0 fully saturated rings. The largest absolute Gasteiger partial charge is 0.504 e. The van der Waals surface area contributed by atoms with Crippen LogP contribution in [0.3, 0.4) is 0 Å². The Hall–Kier alpha value is -5.12. The van der Waals surface area contributed by atoms with E-state index < -0.39 is 46.4 Å². The third-order valence-electron chi connectivity index (χ3n) is 4.85. The molecule has 0 unspecified atom stereocenters. The lowest BCUT2D eigenvalue weighted by Crippen LogP contribution is -2.13. The lowest BCUT2D eigenvalue weighted by atomic mass is 10.1. The molecule has 4 aromatic carbocycles.